The van der Waals surface area contributed by atoms with E-state index in [1.165, 1.54) is 18.3 Å². The van der Waals surface area contributed by atoms with Crippen LogP contribution in [0.4, 0.5) is 0 Å². The second-order valence-electron chi connectivity index (χ2n) is 6.01. The smallest absolute Gasteiger partial charge is 0.358 e. The lowest BCUT2D eigenvalue weighted by molar-refractivity contribution is -0.193. The van der Waals surface area contributed by atoms with Crippen LogP contribution in [0.25, 0.3) is 0 Å². The van der Waals surface area contributed by atoms with Crippen LogP contribution in [0.5, 0.6) is 0 Å². The van der Waals surface area contributed by atoms with Gasteiger partial charge in [0.2, 0.25) is 0 Å². The van der Waals surface area contributed by atoms with Crippen molar-refractivity contribution in [3.8, 4) is 0 Å². The number of benzene rings is 1. The van der Waals surface area contributed by atoms with Gasteiger partial charge >= 0.3 is 5.97 Å². The van der Waals surface area contributed by atoms with Gasteiger partial charge in [0.05, 0.1) is 17.3 Å². The van der Waals surface area contributed by atoms with Gasteiger partial charge in [-0.25, -0.2) is 4.79 Å². The highest BCUT2D eigenvalue weighted by molar-refractivity contribution is 6.21. The summed E-state index contributed by atoms with van der Waals surface area (Å²) in [6, 6.07) is 6.33. The quantitative estimate of drug-likeness (QED) is 0.779. The molecule has 8 nitrogen and oxygen atoms in total. The van der Waals surface area contributed by atoms with Crippen LogP contribution in [0.1, 0.15) is 39.1 Å². The minimum absolute atomic E-state index is 0.211. The first kappa shape index (κ1) is 15.5. The summed E-state index contributed by atoms with van der Waals surface area (Å²) in [4.78, 5) is 42.8. The fraction of sp³-hybridized carbons (Fsp3) is 0.294. The number of carbonyl (C=O) groups excluding carboxylic acids is 3. The normalized spacial score (nSPS) is 22.4. The van der Waals surface area contributed by atoms with E-state index >= 15 is 0 Å². The molecule has 1 unspecified atom stereocenters. The van der Waals surface area contributed by atoms with E-state index in [4.69, 9.17) is 9.57 Å². The van der Waals surface area contributed by atoms with E-state index in [9.17, 15) is 14.4 Å². The number of rotatable bonds is 3. The molecule has 3 heterocycles. The van der Waals surface area contributed by atoms with Crippen molar-refractivity contribution < 1.29 is 24.0 Å². The largest absolute Gasteiger partial charge is 0.369 e. The third-order valence-corrected chi connectivity index (χ3v) is 4.45. The molecule has 128 valence electrons. The van der Waals surface area contributed by atoms with Crippen molar-refractivity contribution in [2.24, 2.45) is 7.05 Å². The minimum Gasteiger partial charge on any atom is -0.358 e. The molecule has 25 heavy (non-hydrogen) atoms. The molecule has 1 saturated heterocycles. The Morgan fingerprint density at radius 1 is 1.24 bits per heavy atom. The maximum Gasteiger partial charge on any atom is 0.369 e. The van der Waals surface area contributed by atoms with Crippen LogP contribution in [-0.2, 0) is 27.0 Å². The van der Waals surface area contributed by atoms with Crippen molar-refractivity contribution in [1.82, 2.24) is 14.8 Å². The van der Waals surface area contributed by atoms with Gasteiger partial charge in [0.15, 0.2) is 5.60 Å². The predicted octanol–water partition coefficient (Wildman–Crippen LogP) is 1.18. The number of carbonyl (C=O) groups is 3. The lowest BCUT2D eigenvalue weighted by Gasteiger charge is -2.26. The zero-order valence-electron chi connectivity index (χ0n) is 13.5. The molecule has 1 aromatic carbocycles. The van der Waals surface area contributed by atoms with Gasteiger partial charge in [0.25, 0.3) is 11.8 Å². The first-order chi connectivity index (χ1) is 12.0. The molecular formula is C17H15N3O5. The summed E-state index contributed by atoms with van der Waals surface area (Å²) in [5, 5.41) is 4.57. The zero-order valence-corrected chi connectivity index (χ0v) is 13.5. The van der Waals surface area contributed by atoms with Crippen molar-refractivity contribution in [2.45, 2.75) is 18.4 Å². The Bertz CT molecular complexity index is 847. The number of imide groups is 1. The van der Waals surface area contributed by atoms with Crippen molar-refractivity contribution in [3.63, 3.8) is 0 Å². The summed E-state index contributed by atoms with van der Waals surface area (Å²) in [7, 11) is 1.72. The number of fused-ring (bicyclic) bond motifs is 1. The van der Waals surface area contributed by atoms with Gasteiger partial charge in [-0.2, -0.15) is 5.10 Å². The van der Waals surface area contributed by atoms with E-state index in [1.54, 1.807) is 30.1 Å². The van der Waals surface area contributed by atoms with Crippen LogP contribution in [0.2, 0.25) is 0 Å². The van der Waals surface area contributed by atoms with Crippen LogP contribution >= 0.6 is 0 Å². The number of amides is 2. The highest BCUT2D eigenvalue weighted by Gasteiger charge is 2.50. The van der Waals surface area contributed by atoms with Gasteiger partial charge in [0, 0.05) is 25.4 Å². The standard InChI is InChI=1S/C17H15N3O5/c1-19-10-11(9-18-19)17(7-4-8-24-17)16(23)25-20-14(21)12-5-2-3-6-13(12)15(20)22/h2-3,5-6,9-10H,4,7-8H2,1H3. The Hall–Kier alpha value is -3.00. The number of nitrogens with zero attached hydrogens (tertiary/aromatic N) is 3. The third kappa shape index (κ3) is 2.25. The van der Waals surface area contributed by atoms with E-state index in [-0.39, 0.29) is 11.1 Å². The molecular weight excluding hydrogens is 326 g/mol. The van der Waals surface area contributed by atoms with Crippen molar-refractivity contribution >= 4 is 17.8 Å². The highest BCUT2D eigenvalue weighted by Crippen LogP contribution is 2.38. The molecule has 0 saturated carbocycles. The number of ether oxygens (including phenoxy) is 1. The Labute approximate surface area is 142 Å². The summed E-state index contributed by atoms with van der Waals surface area (Å²) < 4.78 is 7.23. The van der Waals surface area contributed by atoms with Gasteiger partial charge in [-0.05, 0) is 25.0 Å². The average molecular weight is 341 g/mol. The molecule has 1 fully saturated rings. The van der Waals surface area contributed by atoms with Crippen LogP contribution in [0, 0.1) is 0 Å². The SMILES string of the molecule is Cn1cc(C2(C(=O)ON3C(=O)c4ccccc4C3=O)CCCO2)cn1. The number of hydroxylamine groups is 2. The number of aromatic nitrogens is 2. The summed E-state index contributed by atoms with van der Waals surface area (Å²) in [5.74, 6) is -2.12. The molecule has 0 bridgehead atoms. The number of aryl methyl sites for hydroxylation is 1. The van der Waals surface area contributed by atoms with Crippen molar-refractivity contribution in [2.75, 3.05) is 6.61 Å². The van der Waals surface area contributed by atoms with E-state index in [1.807, 2.05) is 0 Å². The summed E-state index contributed by atoms with van der Waals surface area (Å²) >= 11 is 0. The van der Waals surface area contributed by atoms with E-state index < -0.39 is 23.4 Å². The maximum atomic E-state index is 12.8. The topological polar surface area (TPSA) is 90.7 Å². The third-order valence-electron chi connectivity index (χ3n) is 4.45. The van der Waals surface area contributed by atoms with Crippen LogP contribution < -0.4 is 0 Å². The molecule has 2 aliphatic rings. The molecule has 1 aromatic heterocycles. The second-order valence-corrected chi connectivity index (χ2v) is 6.01. The second kappa shape index (κ2) is 5.52. The fourth-order valence-electron chi connectivity index (χ4n) is 3.18. The van der Waals surface area contributed by atoms with Gasteiger partial charge in [-0.1, -0.05) is 17.2 Å². The first-order valence-electron chi connectivity index (χ1n) is 7.86. The molecule has 0 radical (unpaired) electrons. The van der Waals surface area contributed by atoms with E-state index in [2.05, 4.69) is 5.10 Å². The van der Waals surface area contributed by atoms with E-state index in [0.29, 0.717) is 30.1 Å². The van der Waals surface area contributed by atoms with Crippen molar-refractivity contribution in [1.29, 1.82) is 0 Å². The Balaban J connectivity index is 1.63. The monoisotopic (exact) mass is 341 g/mol. The highest BCUT2D eigenvalue weighted by atomic mass is 16.7. The molecule has 1 atom stereocenters. The Kier molecular flexibility index (Phi) is 3.43. The Morgan fingerprint density at radius 2 is 1.92 bits per heavy atom. The van der Waals surface area contributed by atoms with Crippen molar-refractivity contribution in [3.05, 3.63) is 53.3 Å². The molecule has 2 amide bonds. The summed E-state index contributed by atoms with van der Waals surface area (Å²) in [5.41, 5.74) is -0.399. The van der Waals surface area contributed by atoms with Crippen LogP contribution in [0.3, 0.4) is 0 Å². The van der Waals surface area contributed by atoms with E-state index in [0.717, 1.165) is 0 Å². The summed E-state index contributed by atoms with van der Waals surface area (Å²) in [6.45, 7) is 0.381. The lowest BCUT2D eigenvalue weighted by Crippen LogP contribution is -2.43. The number of hydrogen-bond donors (Lipinski definition) is 0. The molecule has 8 heteroatoms. The zero-order chi connectivity index (χ0) is 17.6. The average Bonchev–Trinajstić information content (AvgIpc) is 3.32. The van der Waals surface area contributed by atoms with Crippen LogP contribution in [-0.4, -0.2) is 39.2 Å². The molecule has 0 N–H and O–H groups in total. The first-order valence-corrected chi connectivity index (χ1v) is 7.86. The minimum atomic E-state index is -1.36. The lowest BCUT2D eigenvalue weighted by atomic mass is 9.94. The molecule has 4 rings (SSSR count). The Morgan fingerprint density at radius 3 is 2.44 bits per heavy atom. The van der Waals surface area contributed by atoms with Gasteiger partial charge in [0.1, 0.15) is 0 Å². The summed E-state index contributed by atoms with van der Waals surface area (Å²) in [6.07, 6.45) is 4.23. The molecule has 0 aliphatic carbocycles. The van der Waals surface area contributed by atoms with Gasteiger partial charge in [-0.15, -0.1) is 0 Å². The molecule has 2 aromatic rings. The molecule has 0 spiro atoms. The fourth-order valence-corrected chi connectivity index (χ4v) is 3.18. The van der Waals surface area contributed by atoms with Gasteiger partial charge < -0.3 is 9.57 Å². The van der Waals surface area contributed by atoms with Gasteiger partial charge in [-0.3, -0.25) is 14.3 Å². The molecule has 2 aliphatic heterocycles. The predicted molar refractivity (Wildman–Crippen MR) is 83.1 cm³/mol. The maximum absolute atomic E-state index is 12.8. The number of hydrogen-bond acceptors (Lipinski definition) is 6. The van der Waals surface area contributed by atoms with Crippen LogP contribution in [0.15, 0.2) is 36.7 Å².